The molecular formula is C28H42O9S. The lowest BCUT2D eigenvalue weighted by molar-refractivity contribution is 0.000864. The van der Waals surface area contributed by atoms with Crippen LogP contribution < -0.4 is 0 Å². The summed E-state index contributed by atoms with van der Waals surface area (Å²) in [6.45, 7) is 7.43. The van der Waals surface area contributed by atoms with Gasteiger partial charge in [0.1, 0.15) is 0 Å². The topological polar surface area (TPSA) is 90.9 Å². The van der Waals surface area contributed by atoms with E-state index >= 15 is 0 Å². The quantitative estimate of drug-likeness (QED) is 0.181. The molecule has 0 amide bonds. The summed E-state index contributed by atoms with van der Waals surface area (Å²) in [4.78, 5) is 1.50. The van der Waals surface area contributed by atoms with Gasteiger partial charge in [0, 0.05) is 24.0 Å². The highest BCUT2D eigenvalue weighted by molar-refractivity contribution is 7.85. The first-order valence-corrected chi connectivity index (χ1v) is 13.9. The Morgan fingerprint density at radius 3 is 1.05 bits per heavy atom. The van der Waals surface area contributed by atoms with Gasteiger partial charge in [0.2, 0.25) is 0 Å². The largest absolute Gasteiger partial charge is 0.382 e. The molecule has 214 valence electrons. The molecule has 0 N–H and O–H groups in total. The second-order valence-electron chi connectivity index (χ2n) is 8.10. The fourth-order valence-electron chi connectivity index (χ4n) is 3.10. The number of benzene rings is 2. The van der Waals surface area contributed by atoms with Gasteiger partial charge in [-0.15, -0.1) is 0 Å². The van der Waals surface area contributed by atoms with Gasteiger partial charge in [0.15, 0.2) is 0 Å². The molecule has 0 aliphatic heterocycles. The van der Waals surface area contributed by atoms with Crippen LogP contribution in [-0.2, 0) is 61.9 Å². The van der Waals surface area contributed by atoms with Crippen molar-refractivity contribution in [1.82, 2.24) is 0 Å². The first-order valence-electron chi connectivity index (χ1n) is 12.8. The SMILES string of the molecule is COCCOCCOCCOCc1ccc(S(=O)c2ccc(COCCOCCOCCOC)cc2)cc1. The second-order valence-corrected chi connectivity index (χ2v) is 9.58. The van der Waals surface area contributed by atoms with Gasteiger partial charge >= 0.3 is 0 Å². The van der Waals surface area contributed by atoms with Gasteiger partial charge in [0.25, 0.3) is 0 Å². The lowest BCUT2D eigenvalue weighted by Gasteiger charge is -2.08. The molecule has 0 atom stereocenters. The molecule has 0 radical (unpaired) electrons. The Morgan fingerprint density at radius 2 is 0.737 bits per heavy atom. The first kappa shape index (κ1) is 32.5. The molecule has 9 nitrogen and oxygen atoms in total. The Balaban J connectivity index is 1.57. The van der Waals surface area contributed by atoms with Crippen LogP contribution >= 0.6 is 0 Å². The zero-order valence-electron chi connectivity index (χ0n) is 22.6. The Labute approximate surface area is 229 Å². The van der Waals surface area contributed by atoms with E-state index in [1.807, 2.05) is 48.5 Å². The van der Waals surface area contributed by atoms with Crippen molar-refractivity contribution in [2.75, 3.05) is 93.5 Å². The fourth-order valence-corrected chi connectivity index (χ4v) is 4.14. The second kappa shape index (κ2) is 22.1. The van der Waals surface area contributed by atoms with E-state index < -0.39 is 10.8 Å². The zero-order chi connectivity index (χ0) is 27.1. The molecule has 0 unspecified atom stereocenters. The molecular weight excluding hydrogens is 512 g/mol. The molecule has 0 aliphatic rings. The molecule has 0 aliphatic carbocycles. The van der Waals surface area contributed by atoms with E-state index in [-0.39, 0.29) is 0 Å². The summed E-state index contributed by atoms with van der Waals surface area (Å²) in [6.07, 6.45) is 0. The molecule has 10 heteroatoms. The first-order chi connectivity index (χ1) is 18.7. The van der Waals surface area contributed by atoms with Crippen LogP contribution in [0.1, 0.15) is 11.1 Å². The van der Waals surface area contributed by atoms with Crippen LogP contribution in [0.5, 0.6) is 0 Å². The van der Waals surface area contributed by atoms with E-state index in [1.165, 1.54) is 0 Å². The van der Waals surface area contributed by atoms with Gasteiger partial charge in [-0.25, -0.2) is 4.21 Å². The number of ether oxygens (including phenoxy) is 8. The Morgan fingerprint density at radius 1 is 0.447 bits per heavy atom. The lowest BCUT2D eigenvalue weighted by Crippen LogP contribution is -2.11. The van der Waals surface area contributed by atoms with Gasteiger partial charge in [0.05, 0.1) is 103 Å². The maximum Gasteiger partial charge on any atom is 0.0849 e. The van der Waals surface area contributed by atoms with Crippen LogP contribution in [0.2, 0.25) is 0 Å². The van der Waals surface area contributed by atoms with Crippen molar-refractivity contribution >= 4 is 10.8 Å². The highest BCUT2D eigenvalue weighted by atomic mass is 32.2. The molecule has 0 saturated carbocycles. The van der Waals surface area contributed by atoms with Crippen molar-refractivity contribution in [1.29, 1.82) is 0 Å². The summed E-state index contributed by atoms with van der Waals surface area (Å²) in [5, 5.41) is 0. The summed E-state index contributed by atoms with van der Waals surface area (Å²) in [7, 11) is 2.03. The molecule has 0 bridgehead atoms. The fraction of sp³-hybridized carbons (Fsp3) is 0.571. The van der Waals surface area contributed by atoms with Gasteiger partial charge in [-0.3, -0.25) is 0 Å². The normalized spacial score (nSPS) is 11.4. The number of methoxy groups -OCH3 is 2. The van der Waals surface area contributed by atoms with Crippen LogP contribution in [0.15, 0.2) is 58.3 Å². The summed E-state index contributed by atoms with van der Waals surface area (Å²) in [6, 6.07) is 15.3. The molecule has 2 rings (SSSR count). The van der Waals surface area contributed by atoms with Gasteiger partial charge in [-0.1, -0.05) is 24.3 Å². The van der Waals surface area contributed by atoms with Crippen LogP contribution in [-0.4, -0.2) is 97.7 Å². The van der Waals surface area contributed by atoms with E-state index in [0.29, 0.717) is 92.5 Å². The monoisotopic (exact) mass is 554 g/mol. The molecule has 0 spiro atoms. The average molecular weight is 555 g/mol. The van der Waals surface area contributed by atoms with E-state index in [9.17, 15) is 4.21 Å². The van der Waals surface area contributed by atoms with E-state index in [1.54, 1.807) is 14.2 Å². The number of hydrogen-bond donors (Lipinski definition) is 0. The molecule has 0 saturated heterocycles. The summed E-state index contributed by atoms with van der Waals surface area (Å²) < 4.78 is 55.6. The Hall–Kier alpha value is -1.73. The minimum absolute atomic E-state index is 0.475. The van der Waals surface area contributed by atoms with Crippen LogP contribution in [0.25, 0.3) is 0 Å². The standard InChI is InChI=1S/C28H42O9S/c1-30-11-13-32-15-17-34-19-21-36-23-25-3-7-27(8-4-25)38(29)28-9-5-26(6-10-28)24-37-22-20-35-18-16-33-14-12-31-2/h3-10H,11-24H2,1-2H3. The average Bonchev–Trinajstić information content (AvgIpc) is 2.95. The number of rotatable bonds is 24. The molecule has 0 fully saturated rings. The summed E-state index contributed by atoms with van der Waals surface area (Å²) in [5.74, 6) is 0. The predicted octanol–water partition coefficient (Wildman–Crippen LogP) is 3.25. The van der Waals surface area contributed by atoms with E-state index in [2.05, 4.69) is 0 Å². The highest BCUT2D eigenvalue weighted by Crippen LogP contribution is 2.18. The van der Waals surface area contributed by atoms with Gasteiger partial charge in [-0.2, -0.15) is 0 Å². The van der Waals surface area contributed by atoms with Gasteiger partial charge in [-0.05, 0) is 35.4 Å². The minimum Gasteiger partial charge on any atom is -0.382 e. The van der Waals surface area contributed by atoms with E-state index in [0.717, 1.165) is 20.9 Å². The van der Waals surface area contributed by atoms with Crippen LogP contribution in [0.3, 0.4) is 0 Å². The Kier molecular flexibility index (Phi) is 18.9. The predicted molar refractivity (Wildman–Crippen MR) is 144 cm³/mol. The summed E-state index contributed by atoms with van der Waals surface area (Å²) >= 11 is 0. The van der Waals surface area contributed by atoms with Crippen molar-refractivity contribution in [3.05, 3.63) is 59.7 Å². The maximum atomic E-state index is 12.9. The van der Waals surface area contributed by atoms with Crippen molar-refractivity contribution in [2.24, 2.45) is 0 Å². The lowest BCUT2D eigenvalue weighted by atomic mass is 10.2. The molecule has 38 heavy (non-hydrogen) atoms. The third-order valence-corrected chi connectivity index (χ3v) is 6.56. The van der Waals surface area contributed by atoms with Crippen molar-refractivity contribution in [2.45, 2.75) is 23.0 Å². The minimum atomic E-state index is -1.25. The number of hydrogen-bond acceptors (Lipinski definition) is 9. The molecule has 2 aromatic carbocycles. The zero-order valence-corrected chi connectivity index (χ0v) is 23.4. The van der Waals surface area contributed by atoms with Crippen molar-refractivity contribution in [3.8, 4) is 0 Å². The van der Waals surface area contributed by atoms with Crippen LogP contribution in [0.4, 0.5) is 0 Å². The summed E-state index contributed by atoms with van der Waals surface area (Å²) in [5.41, 5.74) is 2.03. The molecule has 2 aromatic rings. The smallest absolute Gasteiger partial charge is 0.0849 e. The van der Waals surface area contributed by atoms with E-state index in [4.69, 9.17) is 37.9 Å². The third kappa shape index (κ3) is 15.0. The maximum absolute atomic E-state index is 12.9. The highest BCUT2D eigenvalue weighted by Gasteiger charge is 2.08. The van der Waals surface area contributed by atoms with Crippen molar-refractivity contribution < 1.29 is 42.1 Å². The third-order valence-electron chi connectivity index (χ3n) is 5.16. The molecule has 0 aromatic heterocycles. The van der Waals surface area contributed by atoms with Crippen LogP contribution in [0, 0.1) is 0 Å². The molecule has 0 heterocycles. The van der Waals surface area contributed by atoms with Crippen molar-refractivity contribution in [3.63, 3.8) is 0 Å². The van der Waals surface area contributed by atoms with Gasteiger partial charge < -0.3 is 37.9 Å². The Bertz CT molecular complexity index is 777.